The quantitative estimate of drug-likeness (QED) is 0.931. The Labute approximate surface area is 112 Å². The van der Waals surface area contributed by atoms with Gasteiger partial charge in [0.2, 0.25) is 5.88 Å². The predicted molar refractivity (Wildman–Crippen MR) is 65.5 cm³/mol. The normalized spacial score (nSPS) is 10.3. The molecule has 1 aromatic heterocycles. The molecule has 2 rings (SSSR count). The second-order valence-corrected chi connectivity index (χ2v) is 3.77. The summed E-state index contributed by atoms with van der Waals surface area (Å²) in [6.07, 6.45) is 2.58. The van der Waals surface area contributed by atoms with Crippen LogP contribution in [-0.2, 0) is 0 Å². The molecule has 0 fully saturated rings. The molecule has 0 amide bonds. The van der Waals surface area contributed by atoms with E-state index in [1.165, 1.54) is 12.4 Å². The van der Waals surface area contributed by atoms with Gasteiger partial charge in [0, 0.05) is 5.56 Å². The maximum atomic E-state index is 13.9. The molecule has 1 aromatic carbocycles. The molecule has 0 bridgehead atoms. The summed E-state index contributed by atoms with van der Waals surface area (Å²) in [6, 6.07) is 2.12. The number of hydrogen-bond donors (Lipinski definition) is 1. The van der Waals surface area contributed by atoms with Crippen LogP contribution in [0.15, 0.2) is 24.5 Å². The van der Waals surface area contributed by atoms with Gasteiger partial charge in [0.15, 0.2) is 11.6 Å². The molecule has 5 nitrogen and oxygen atoms in total. The van der Waals surface area contributed by atoms with Crippen molar-refractivity contribution in [2.45, 2.75) is 6.92 Å². The second-order valence-electron chi connectivity index (χ2n) is 3.77. The van der Waals surface area contributed by atoms with Crippen molar-refractivity contribution in [1.29, 1.82) is 0 Å². The summed E-state index contributed by atoms with van der Waals surface area (Å²) >= 11 is 0. The van der Waals surface area contributed by atoms with Crippen LogP contribution in [0.4, 0.5) is 8.78 Å². The molecule has 1 N–H and O–H groups in total. The lowest BCUT2D eigenvalue weighted by Crippen LogP contribution is -2.04. The zero-order chi connectivity index (χ0) is 14.7. The van der Waals surface area contributed by atoms with Crippen LogP contribution in [0.25, 0.3) is 11.3 Å². The Bertz CT molecular complexity index is 662. The predicted octanol–water partition coefficient (Wildman–Crippen LogP) is 2.52. The molecule has 7 heteroatoms. The molecule has 0 aliphatic rings. The molecule has 0 aliphatic heterocycles. The SMILES string of the molecule is CCOc1cncc(-c2ccc(C(=O)O)c(F)c2F)n1. The molecule has 0 radical (unpaired) electrons. The number of halogens is 2. The molecule has 0 aliphatic carbocycles. The molecule has 0 saturated carbocycles. The molecule has 0 saturated heterocycles. The molecule has 20 heavy (non-hydrogen) atoms. The molecule has 2 aromatic rings. The third-order valence-electron chi connectivity index (χ3n) is 2.49. The zero-order valence-corrected chi connectivity index (χ0v) is 10.4. The third-order valence-corrected chi connectivity index (χ3v) is 2.49. The minimum Gasteiger partial charge on any atom is -0.478 e. The fourth-order valence-corrected chi connectivity index (χ4v) is 1.61. The number of benzene rings is 1. The first-order chi connectivity index (χ1) is 9.54. The number of carbonyl (C=O) groups is 1. The van der Waals surface area contributed by atoms with Gasteiger partial charge in [-0.15, -0.1) is 0 Å². The molecule has 1 heterocycles. The van der Waals surface area contributed by atoms with Crippen molar-refractivity contribution in [2.75, 3.05) is 6.61 Å². The lowest BCUT2D eigenvalue weighted by Gasteiger charge is -2.07. The van der Waals surface area contributed by atoms with E-state index in [0.29, 0.717) is 6.61 Å². The fourth-order valence-electron chi connectivity index (χ4n) is 1.61. The van der Waals surface area contributed by atoms with E-state index in [0.717, 1.165) is 12.1 Å². The van der Waals surface area contributed by atoms with Gasteiger partial charge in [-0.2, -0.15) is 0 Å². The van der Waals surface area contributed by atoms with Gasteiger partial charge in [-0.25, -0.2) is 18.6 Å². The number of ether oxygens (including phenoxy) is 1. The lowest BCUT2D eigenvalue weighted by atomic mass is 10.1. The summed E-state index contributed by atoms with van der Waals surface area (Å²) in [7, 11) is 0. The summed E-state index contributed by atoms with van der Waals surface area (Å²) < 4.78 is 32.6. The van der Waals surface area contributed by atoms with Crippen molar-refractivity contribution in [2.24, 2.45) is 0 Å². The minimum atomic E-state index is -1.54. The van der Waals surface area contributed by atoms with Gasteiger partial charge in [0.05, 0.1) is 30.3 Å². The van der Waals surface area contributed by atoms with Crippen LogP contribution in [0, 0.1) is 11.6 Å². The van der Waals surface area contributed by atoms with Crippen molar-refractivity contribution in [3.8, 4) is 17.1 Å². The highest BCUT2D eigenvalue weighted by Crippen LogP contribution is 2.25. The molecule has 0 unspecified atom stereocenters. The Kier molecular flexibility index (Phi) is 3.88. The summed E-state index contributed by atoms with van der Waals surface area (Å²) in [5, 5.41) is 8.71. The molecular formula is C13H10F2N2O3. The van der Waals surface area contributed by atoms with E-state index in [-0.39, 0.29) is 17.1 Å². The minimum absolute atomic E-state index is 0.0595. The van der Waals surface area contributed by atoms with Crippen molar-refractivity contribution >= 4 is 5.97 Å². The van der Waals surface area contributed by atoms with Crippen molar-refractivity contribution in [3.05, 3.63) is 41.7 Å². The van der Waals surface area contributed by atoms with E-state index in [4.69, 9.17) is 9.84 Å². The van der Waals surface area contributed by atoms with Crippen LogP contribution in [0.1, 0.15) is 17.3 Å². The van der Waals surface area contributed by atoms with Crippen molar-refractivity contribution in [3.63, 3.8) is 0 Å². The highest BCUT2D eigenvalue weighted by Gasteiger charge is 2.19. The molecule has 0 spiro atoms. The standard InChI is InChI=1S/C13H10F2N2O3/c1-2-20-10-6-16-5-9(17-10)7-3-4-8(13(18)19)12(15)11(7)14/h3-6H,2H2,1H3,(H,18,19). The van der Waals surface area contributed by atoms with Crippen LogP contribution in [-0.4, -0.2) is 27.7 Å². The Hall–Kier alpha value is -2.57. The van der Waals surface area contributed by atoms with Gasteiger partial charge in [-0.05, 0) is 19.1 Å². The number of hydrogen-bond acceptors (Lipinski definition) is 4. The van der Waals surface area contributed by atoms with Gasteiger partial charge in [0.1, 0.15) is 0 Å². The van der Waals surface area contributed by atoms with Gasteiger partial charge >= 0.3 is 5.97 Å². The fraction of sp³-hybridized carbons (Fsp3) is 0.154. The topological polar surface area (TPSA) is 72.3 Å². The molecular weight excluding hydrogens is 270 g/mol. The third kappa shape index (κ3) is 2.56. The van der Waals surface area contributed by atoms with Crippen LogP contribution in [0.2, 0.25) is 0 Å². The number of aromatic nitrogens is 2. The maximum absolute atomic E-state index is 13.9. The van der Waals surface area contributed by atoms with Gasteiger partial charge in [0.25, 0.3) is 0 Å². The molecule has 0 atom stereocenters. The monoisotopic (exact) mass is 280 g/mol. The van der Waals surface area contributed by atoms with Crippen LogP contribution in [0.3, 0.4) is 0 Å². The number of nitrogens with zero attached hydrogens (tertiary/aromatic N) is 2. The van der Waals surface area contributed by atoms with Gasteiger partial charge in [-0.3, -0.25) is 4.98 Å². The van der Waals surface area contributed by atoms with Gasteiger partial charge in [-0.1, -0.05) is 0 Å². The number of carboxylic acids is 1. The first-order valence-corrected chi connectivity index (χ1v) is 5.71. The van der Waals surface area contributed by atoms with Crippen molar-refractivity contribution < 1.29 is 23.4 Å². The zero-order valence-electron chi connectivity index (χ0n) is 10.4. The Morgan fingerprint density at radius 3 is 2.70 bits per heavy atom. The Balaban J connectivity index is 2.51. The lowest BCUT2D eigenvalue weighted by molar-refractivity contribution is 0.0690. The number of carboxylic acid groups (broad SMARTS) is 1. The summed E-state index contributed by atoms with van der Waals surface area (Å²) in [5.41, 5.74) is -0.856. The summed E-state index contributed by atoms with van der Waals surface area (Å²) in [4.78, 5) is 18.5. The van der Waals surface area contributed by atoms with E-state index in [2.05, 4.69) is 9.97 Å². The van der Waals surface area contributed by atoms with E-state index in [9.17, 15) is 13.6 Å². The van der Waals surface area contributed by atoms with Crippen molar-refractivity contribution in [1.82, 2.24) is 9.97 Å². The van der Waals surface area contributed by atoms with Crippen LogP contribution >= 0.6 is 0 Å². The van der Waals surface area contributed by atoms with E-state index >= 15 is 0 Å². The first kappa shape index (κ1) is 13.9. The highest BCUT2D eigenvalue weighted by molar-refractivity contribution is 5.88. The van der Waals surface area contributed by atoms with E-state index in [1.807, 2.05) is 0 Å². The number of rotatable bonds is 4. The maximum Gasteiger partial charge on any atom is 0.338 e. The number of aromatic carboxylic acids is 1. The Morgan fingerprint density at radius 1 is 1.30 bits per heavy atom. The van der Waals surface area contributed by atoms with Crippen LogP contribution in [0.5, 0.6) is 5.88 Å². The molecule has 104 valence electrons. The Morgan fingerprint density at radius 2 is 2.05 bits per heavy atom. The second kappa shape index (κ2) is 5.60. The smallest absolute Gasteiger partial charge is 0.338 e. The van der Waals surface area contributed by atoms with E-state index < -0.39 is 23.2 Å². The first-order valence-electron chi connectivity index (χ1n) is 5.71. The summed E-state index contributed by atoms with van der Waals surface area (Å²) in [5.74, 6) is -4.08. The average molecular weight is 280 g/mol. The summed E-state index contributed by atoms with van der Waals surface area (Å²) in [6.45, 7) is 2.10. The van der Waals surface area contributed by atoms with E-state index in [1.54, 1.807) is 6.92 Å². The largest absolute Gasteiger partial charge is 0.478 e. The van der Waals surface area contributed by atoms with Gasteiger partial charge < -0.3 is 9.84 Å². The highest BCUT2D eigenvalue weighted by atomic mass is 19.2. The average Bonchev–Trinajstić information content (AvgIpc) is 2.42. The van der Waals surface area contributed by atoms with Crippen LogP contribution < -0.4 is 4.74 Å².